The number of hydrogen-bond acceptors (Lipinski definition) is 4. The molecule has 2 unspecified atom stereocenters. The maximum atomic E-state index is 12.4. The van der Waals surface area contributed by atoms with E-state index in [1.165, 1.54) is 0 Å². The number of nitrogens with two attached hydrogens (primary N) is 1. The van der Waals surface area contributed by atoms with Gasteiger partial charge >= 0.3 is 0 Å². The number of aromatic hydroxyl groups is 1. The average Bonchev–Trinajstić information content (AvgIpc) is 2.42. The fraction of sp³-hybridized carbons (Fsp3) is 0.533. The molecule has 1 amide bonds. The summed E-state index contributed by atoms with van der Waals surface area (Å²) < 4.78 is 5.09. The van der Waals surface area contributed by atoms with Gasteiger partial charge in [-0.25, -0.2) is 0 Å². The largest absolute Gasteiger partial charge is 0.508 e. The molecule has 0 aliphatic heterocycles. The first-order valence-electron chi connectivity index (χ1n) is 6.82. The third-order valence-electron chi connectivity index (χ3n) is 3.27. The standard InChI is InChI=1S/C15H24N2O3/c1-4-17(11(2)10-20-3)15(19)14(16)9-12-5-7-13(18)8-6-12/h5-8,11,14,18H,4,9-10,16H2,1-3H3. The Kier molecular flexibility index (Phi) is 6.48. The Bertz CT molecular complexity index is 420. The molecule has 1 rings (SSSR count). The molecule has 20 heavy (non-hydrogen) atoms. The minimum atomic E-state index is -0.584. The van der Waals surface area contributed by atoms with Crippen molar-refractivity contribution in [1.82, 2.24) is 4.90 Å². The molecule has 0 spiro atoms. The highest BCUT2D eigenvalue weighted by molar-refractivity contribution is 5.82. The Hall–Kier alpha value is -1.59. The van der Waals surface area contributed by atoms with Crippen LogP contribution in [-0.2, 0) is 16.0 Å². The van der Waals surface area contributed by atoms with Gasteiger partial charge in [-0.3, -0.25) is 4.79 Å². The second-order valence-electron chi connectivity index (χ2n) is 4.91. The third kappa shape index (κ3) is 4.51. The first-order valence-corrected chi connectivity index (χ1v) is 6.82. The smallest absolute Gasteiger partial charge is 0.240 e. The van der Waals surface area contributed by atoms with Crippen LogP contribution in [0.2, 0.25) is 0 Å². The number of phenols is 1. The number of likely N-dealkylation sites (N-methyl/N-ethyl adjacent to an activating group) is 1. The second-order valence-corrected chi connectivity index (χ2v) is 4.91. The molecule has 112 valence electrons. The van der Waals surface area contributed by atoms with Crippen molar-refractivity contribution in [2.75, 3.05) is 20.3 Å². The minimum absolute atomic E-state index is 0.00312. The lowest BCUT2D eigenvalue weighted by atomic mass is 10.0. The lowest BCUT2D eigenvalue weighted by Crippen LogP contribution is -2.49. The highest BCUT2D eigenvalue weighted by atomic mass is 16.5. The van der Waals surface area contributed by atoms with Crippen LogP contribution in [0.3, 0.4) is 0 Å². The zero-order valence-electron chi connectivity index (χ0n) is 12.4. The van der Waals surface area contributed by atoms with Crippen molar-refractivity contribution in [2.45, 2.75) is 32.4 Å². The molecular formula is C15H24N2O3. The van der Waals surface area contributed by atoms with E-state index in [1.54, 1.807) is 36.3 Å². The molecule has 0 heterocycles. The molecule has 5 heteroatoms. The van der Waals surface area contributed by atoms with Crippen molar-refractivity contribution < 1.29 is 14.6 Å². The molecule has 0 fully saturated rings. The Morgan fingerprint density at radius 3 is 2.50 bits per heavy atom. The Labute approximate surface area is 120 Å². The van der Waals surface area contributed by atoms with Crippen molar-refractivity contribution in [2.24, 2.45) is 5.73 Å². The first kappa shape index (κ1) is 16.5. The summed E-state index contributed by atoms with van der Waals surface area (Å²) in [6.07, 6.45) is 0.454. The molecule has 1 aromatic rings. The summed E-state index contributed by atoms with van der Waals surface area (Å²) in [5.41, 5.74) is 6.93. The molecule has 3 N–H and O–H groups in total. The van der Waals surface area contributed by atoms with Crippen LogP contribution >= 0.6 is 0 Å². The molecule has 0 aliphatic carbocycles. The average molecular weight is 280 g/mol. The van der Waals surface area contributed by atoms with E-state index in [1.807, 2.05) is 13.8 Å². The van der Waals surface area contributed by atoms with Gasteiger partial charge in [-0.2, -0.15) is 0 Å². The van der Waals surface area contributed by atoms with Gasteiger partial charge in [0.25, 0.3) is 0 Å². The van der Waals surface area contributed by atoms with Crippen molar-refractivity contribution in [3.63, 3.8) is 0 Å². The summed E-state index contributed by atoms with van der Waals surface area (Å²) in [5, 5.41) is 9.24. The number of rotatable bonds is 7. The Morgan fingerprint density at radius 2 is 2.00 bits per heavy atom. The molecule has 0 saturated heterocycles. The van der Waals surface area contributed by atoms with E-state index in [4.69, 9.17) is 10.5 Å². The number of methoxy groups -OCH3 is 1. The molecular weight excluding hydrogens is 256 g/mol. The van der Waals surface area contributed by atoms with E-state index < -0.39 is 6.04 Å². The van der Waals surface area contributed by atoms with Gasteiger partial charge in [0.2, 0.25) is 5.91 Å². The van der Waals surface area contributed by atoms with E-state index in [0.29, 0.717) is 19.6 Å². The van der Waals surface area contributed by atoms with E-state index in [-0.39, 0.29) is 17.7 Å². The number of ether oxygens (including phenoxy) is 1. The molecule has 1 aromatic carbocycles. The fourth-order valence-electron chi connectivity index (χ4n) is 2.20. The molecule has 0 radical (unpaired) electrons. The van der Waals surface area contributed by atoms with Crippen molar-refractivity contribution in [3.8, 4) is 5.75 Å². The molecule has 5 nitrogen and oxygen atoms in total. The number of carbonyl (C=O) groups is 1. The summed E-state index contributed by atoms with van der Waals surface area (Å²) in [4.78, 5) is 14.1. The van der Waals surface area contributed by atoms with E-state index in [2.05, 4.69) is 0 Å². The van der Waals surface area contributed by atoms with Crippen LogP contribution in [0.25, 0.3) is 0 Å². The van der Waals surface area contributed by atoms with Gasteiger partial charge in [0.1, 0.15) is 5.75 Å². The zero-order chi connectivity index (χ0) is 15.1. The highest BCUT2D eigenvalue weighted by Crippen LogP contribution is 2.12. The Morgan fingerprint density at radius 1 is 1.40 bits per heavy atom. The van der Waals surface area contributed by atoms with Gasteiger partial charge < -0.3 is 20.5 Å². The van der Waals surface area contributed by atoms with Gasteiger partial charge in [-0.1, -0.05) is 12.1 Å². The van der Waals surface area contributed by atoms with Crippen LogP contribution in [0.5, 0.6) is 5.75 Å². The maximum absolute atomic E-state index is 12.4. The number of hydrogen-bond donors (Lipinski definition) is 2. The van der Waals surface area contributed by atoms with E-state index >= 15 is 0 Å². The third-order valence-corrected chi connectivity index (χ3v) is 3.27. The fourth-order valence-corrected chi connectivity index (χ4v) is 2.20. The second kappa shape index (κ2) is 7.87. The summed E-state index contributed by atoms with van der Waals surface area (Å²) in [5.74, 6) is 0.127. The van der Waals surface area contributed by atoms with Crippen molar-refractivity contribution in [1.29, 1.82) is 0 Å². The summed E-state index contributed by atoms with van der Waals surface area (Å²) in [6, 6.07) is 6.16. The van der Waals surface area contributed by atoms with E-state index in [0.717, 1.165) is 5.56 Å². The molecule has 0 bridgehead atoms. The number of nitrogens with zero attached hydrogens (tertiary/aromatic N) is 1. The predicted molar refractivity (Wildman–Crippen MR) is 78.5 cm³/mol. The lowest BCUT2D eigenvalue weighted by molar-refractivity contribution is -0.135. The summed E-state index contributed by atoms with van der Waals surface area (Å²) >= 11 is 0. The van der Waals surface area contributed by atoms with Gasteiger partial charge in [0.15, 0.2) is 0 Å². The minimum Gasteiger partial charge on any atom is -0.508 e. The van der Waals surface area contributed by atoms with Crippen LogP contribution < -0.4 is 5.73 Å². The predicted octanol–water partition coefficient (Wildman–Crippen LogP) is 1.15. The number of phenolic OH excluding ortho intramolecular Hbond substituents is 1. The number of amides is 1. The summed E-state index contributed by atoms with van der Waals surface area (Å²) in [6.45, 7) is 4.97. The lowest BCUT2D eigenvalue weighted by Gasteiger charge is -2.30. The number of benzene rings is 1. The van der Waals surface area contributed by atoms with Crippen LogP contribution in [0.1, 0.15) is 19.4 Å². The van der Waals surface area contributed by atoms with Crippen LogP contribution in [0.15, 0.2) is 24.3 Å². The SMILES string of the molecule is CCN(C(=O)C(N)Cc1ccc(O)cc1)C(C)COC. The Balaban J connectivity index is 2.67. The first-order chi connectivity index (χ1) is 9.49. The van der Waals surface area contributed by atoms with Crippen molar-refractivity contribution >= 4 is 5.91 Å². The van der Waals surface area contributed by atoms with E-state index in [9.17, 15) is 9.90 Å². The van der Waals surface area contributed by atoms with Crippen molar-refractivity contribution in [3.05, 3.63) is 29.8 Å². The van der Waals surface area contributed by atoms with Gasteiger partial charge in [0, 0.05) is 13.7 Å². The van der Waals surface area contributed by atoms with Crippen LogP contribution in [0.4, 0.5) is 0 Å². The van der Waals surface area contributed by atoms with Gasteiger partial charge in [0.05, 0.1) is 18.7 Å². The zero-order valence-corrected chi connectivity index (χ0v) is 12.4. The van der Waals surface area contributed by atoms with Gasteiger partial charge in [-0.15, -0.1) is 0 Å². The maximum Gasteiger partial charge on any atom is 0.240 e. The number of carbonyl (C=O) groups excluding carboxylic acids is 1. The molecule has 2 atom stereocenters. The normalized spacial score (nSPS) is 13.8. The summed E-state index contributed by atoms with van der Waals surface area (Å²) in [7, 11) is 1.62. The molecule has 0 saturated carbocycles. The van der Waals surface area contributed by atoms with Gasteiger partial charge in [-0.05, 0) is 38.0 Å². The monoisotopic (exact) mass is 280 g/mol. The van der Waals surface area contributed by atoms with Crippen LogP contribution in [-0.4, -0.2) is 48.3 Å². The molecule has 0 aromatic heterocycles. The molecule has 0 aliphatic rings. The highest BCUT2D eigenvalue weighted by Gasteiger charge is 2.24. The van der Waals surface area contributed by atoms with Crippen LogP contribution in [0, 0.1) is 0 Å². The quantitative estimate of drug-likeness (QED) is 0.785. The topological polar surface area (TPSA) is 75.8 Å².